The zero-order chi connectivity index (χ0) is 18.4. The standard InChI is InChI=1S/C17H23N7OS/c1-13(2)24-16(20-21-22-24)10-26-11-17(25)18-8-5-9-23-12-19-14-6-3-4-7-15(14)23/h3-4,6-7,12-13H,5,8-11H2,1-2H3,(H,18,25). The fourth-order valence-electron chi connectivity index (χ4n) is 2.66. The average molecular weight is 373 g/mol. The molecule has 1 aromatic carbocycles. The van der Waals surface area contributed by atoms with Crippen LogP contribution in [0.25, 0.3) is 11.0 Å². The van der Waals surface area contributed by atoms with Crippen LogP contribution in [0.4, 0.5) is 0 Å². The van der Waals surface area contributed by atoms with E-state index in [4.69, 9.17) is 0 Å². The molecule has 0 aliphatic carbocycles. The van der Waals surface area contributed by atoms with E-state index in [-0.39, 0.29) is 11.9 Å². The van der Waals surface area contributed by atoms with Gasteiger partial charge in [0.1, 0.15) is 0 Å². The van der Waals surface area contributed by atoms with Gasteiger partial charge in [0.15, 0.2) is 5.82 Å². The number of aryl methyl sites for hydroxylation is 1. The smallest absolute Gasteiger partial charge is 0.230 e. The quantitative estimate of drug-likeness (QED) is 0.577. The first kappa shape index (κ1) is 18.4. The fraction of sp³-hybridized carbons (Fsp3) is 0.471. The minimum Gasteiger partial charge on any atom is -0.355 e. The first-order chi connectivity index (χ1) is 12.6. The van der Waals surface area contributed by atoms with Crippen molar-refractivity contribution in [2.24, 2.45) is 0 Å². The Bertz CT molecular complexity index is 858. The minimum atomic E-state index is 0.0362. The van der Waals surface area contributed by atoms with E-state index < -0.39 is 0 Å². The monoisotopic (exact) mass is 373 g/mol. The predicted octanol–water partition coefficient (Wildman–Crippen LogP) is 2.04. The van der Waals surface area contributed by atoms with Crippen LogP contribution < -0.4 is 5.32 Å². The number of hydrogen-bond acceptors (Lipinski definition) is 6. The molecule has 0 saturated heterocycles. The number of rotatable bonds is 9. The summed E-state index contributed by atoms with van der Waals surface area (Å²) in [6, 6.07) is 8.27. The molecule has 2 aromatic heterocycles. The van der Waals surface area contributed by atoms with Crippen LogP contribution in [0.3, 0.4) is 0 Å². The van der Waals surface area contributed by atoms with Crippen molar-refractivity contribution in [3.05, 3.63) is 36.4 Å². The van der Waals surface area contributed by atoms with E-state index in [0.29, 0.717) is 18.1 Å². The largest absolute Gasteiger partial charge is 0.355 e. The van der Waals surface area contributed by atoms with Gasteiger partial charge in [-0.05, 0) is 42.8 Å². The summed E-state index contributed by atoms with van der Waals surface area (Å²) in [5, 5.41) is 14.6. The van der Waals surface area contributed by atoms with Crippen LogP contribution >= 0.6 is 11.8 Å². The highest BCUT2D eigenvalue weighted by molar-refractivity contribution is 7.99. The van der Waals surface area contributed by atoms with Crippen molar-refractivity contribution < 1.29 is 4.79 Å². The lowest BCUT2D eigenvalue weighted by Crippen LogP contribution is -2.27. The number of tetrazole rings is 1. The molecule has 26 heavy (non-hydrogen) atoms. The SMILES string of the molecule is CC(C)n1nnnc1CSCC(=O)NCCCn1cnc2ccccc21. The predicted molar refractivity (Wildman–Crippen MR) is 102 cm³/mol. The number of fused-ring (bicyclic) bond motifs is 1. The fourth-order valence-corrected chi connectivity index (χ4v) is 3.42. The maximum absolute atomic E-state index is 12.0. The molecule has 0 saturated carbocycles. The Morgan fingerprint density at radius 2 is 2.15 bits per heavy atom. The third kappa shape index (κ3) is 4.60. The van der Waals surface area contributed by atoms with Crippen LogP contribution in [-0.4, -0.2) is 48.0 Å². The summed E-state index contributed by atoms with van der Waals surface area (Å²) < 4.78 is 3.89. The van der Waals surface area contributed by atoms with Gasteiger partial charge in [-0.2, -0.15) is 0 Å². The van der Waals surface area contributed by atoms with E-state index in [0.717, 1.165) is 29.8 Å². The molecule has 0 unspecified atom stereocenters. The van der Waals surface area contributed by atoms with Gasteiger partial charge in [0, 0.05) is 13.1 Å². The molecule has 0 spiro atoms. The number of carbonyl (C=O) groups excluding carboxylic acids is 1. The lowest BCUT2D eigenvalue weighted by atomic mass is 10.3. The van der Waals surface area contributed by atoms with Crippen molar-refractivity contribution in [2.45, 2.75) is 38.6 Å². The van der Waals surface area contributed by atoms with Crippen LogP contribution in [0, 0.1) is 0 Å². The van der Waals surface area contributed by atoms with Gasteiger partial charge in [-0.15, -0.1) is 16.9 Å². The summed E-state index contributed by atoms with van der Waals surface area (Å²) in [4.78, 5) is 16.3. The number of nitrogens with one attached hydrogen (secondary N) is 1. The van der Waals surface area contributed by atoms with Crippen LogP contribution in [0.1, 0.15) is 32.1 Å². The van der Waals surface area contributed by atoms with E-state index in [1.807, 2.05) is 38.4 Å². The highest BCUT2D eigenvalue weighted by Crippen LogP contribution is 2.13. The molecule has 9 heteroatoms. The molecule has 1 amide bonds. The summed E-state index contributed by atoms with van der Waals surface area (Å²) in [5.74, 6) is 1.86. The van der Waals surface area contributed by atoms with Gasteiger partial charge in [0.2, 0.25) is 5.91 Å². The maximum atomic E-state index is 12.0. The van der Waals surface area contributed by atoms with Gasteiger partial charge in [-0.1, -0.05) is 12.1 Å². The number of amides is 1. The molecular weight excluding hydrogens is 350 g/mol. The molecule has 0 bridgehead atoms. The van der Waals surface area contributed by atoms with Gasteiger partial charge >= 0.3 is 0 Å². The Morgan fingerprint density at radius 3 is 3.00 bits per heavy atom. The Hall–Kier alpha value is -2.42. The van der Waals surface area contributed by atoms with Gasteiger partial charge in [0.25, 0.3) is 0 Å². The lowest BCUT2D eigenvalue weighted by molar-refractivity contribution is -0.118. The summed E-state index contributed by atoms with van der Waals surface area (Å²) in [7, 11) is 0. The van der Waals surface area contributed by atoms with Crippen molar-refractivity contribution in [3.8, 4) is 0 Å². The third-order valence-electron chi connectivity index (χ3n) is 3.94. The van der Waals surface area contributed by atoms with Crippen LogP contribution in [-0.2, 0) is 17.1 Å². The molecule has 138 valence electrons. The molecular formula is C17H23N7OS. The van der Waals surface area contributed by atoms with E-state index in [1.165, 1.54) is 11.8 Å². The van der Waals surface area contributed by atoms with E-state index in [9.17, 15) is 4.79 Å². The summed E-state index contributed by atoms with van der Waals surface area (Å²) in [6.07, 6.45) is 2.71. The maximum Gasteiger partial charge on any atom is 0.230 e. The summed E-state index contributed by atoms with van der Waals surface area (Å²) in [5.41, 5.74) is 2.12. The van der Waals surface area contributed by atoms with Gasteiger partial charge < -0.3 is 9.88 Å². The second-order valence-corrected chi connectivity index (χ2v) is 7.24. The third-order valence-corrected chi connectivity index (χ3v) is 4.87. The van der Waals surface area contributed by atoms with Crippen molar-refractivity contribution in [2.75, 3.05) is 12.3 Å². The van der Waals surface area contributed by atoms with E-state index >= 15 is 0 Å². The minimum absolute atomic E-state index is 0.0362. The Morgan fingerprint density at radius 1 is 1.31 bits per heavy atom. The molecule has 8 nitrogen and oxygen atoms in total. The summed E-state index contributed by atoms with van der Waals surface area (Å²) in [6.45, 7) is 5.54. The molecule has 3 rings (SSSR count). The zero-order valence-corrected chi connectivity index (χ0v) is 15.8. The number of nitrogens with zero attached hydrogens (tertiary/aromatic N) is 6. The van der Waals surface area contributed by atoms with Crippen molar-refractivity contribution in [1.29, 1.82) is 0 Å². The van der Waals surface area contributed by atoms with Crippen LogP contribution in [0.15, 0.2) is 30.6 Å². The van der Waals surface area contributed by atoms with Crippen LogP contribution in [0.2, 0.25) is 0 Å². The molecule has 1 N–H and O–H groups in total. The second kappa shape index (κ2) is 8.79. The molecule has 0 aliphatic heterocycles. The molecule has 2 heterocycles. The van der Waals surface area contributed by atoms with E-state index in [2.05, 4.69) is 36.5 Å². The lowest BCUT2D eigenvalue weighted by Gasteiger charge is -2.08. The second-order valence-electron chi connectivity index (χ2n) is 6.26. The van der Waals surface area contributed by atoms with E-state index in [1.54, 1.807) is 4.68 Å². The Balaban J connectivity index is 1.35. The molecule has 0 fully saturated rings. The number of aromatic nitrogens is 6. The number of imidazole rings is 1. The highest BCUT2D eigenvalue weighted by atomic mass is 32.2. The first-order valence-corrected chi connectivity index (χ1v) is 9.81. The number of para-hydroxylation sites is 2. The number of hydrogen-bond donors (Lipinski definition) is 1. The average Bonchev–Trinajstić information content (AvgIpc) is 3.26. The van der Waals surface area contributed by atoms with Crippen molar-refractivity contribution >= 4 is 28.7 Å². The van der Waals surface area contributed by atoms with Gasteiger partial charge in [-0.3, -0.25) is 4.79 Å². The zero-order valence-electron chi connectivity index (χ0n) is 15.0. The molecule has 0 atom stereocenters. The highest BCUT2D eigenvalue weighted by Gasteiger charge is 2.10. The molecule has 0 radical (unpaired) electrons. The number of carbonyl (C=O) groups is 1. The van der Waals surface area contributed by atoms with Crippen LogP contribution in [0.5, 0.6) is 0 Å². The van der Waals surface area contributed by atoms with Crippen molar-refractivity contribution in [1.82, 2.24) is 35.1 Å². The first-order valence-electron chi connectivity index (χ1n) is 8.66. The molecule has 0 aliphatic rings. The van der Waals surface area contributed by atoms with Gasteiger partial charge in [0.05, 0.1) is 34.9 Å². The number of benzene rings is 1. The normalized spacial score (nSPS) is 11.3. The summed E-state index contributed by atoms with van der Waals surface area (Å²) >= 11 is 1.52. The van der Waals surface area contributed by atoms with Gasteiger partial charge in [-0.25, -0.2) is 9.67 Å². The number of thioether (sulfide) groups is 1. The topological polar surface area (TPSA) is 90.5 Å². The van der Waals surface area contributed by atoms with Crippen molar-refractivity contribution in [3.63, 3.8) is 0 Å². The molecule has 3 aromatic rings. The Kier molecular flexibility index (Phi) is 6.21. The Labute approximate surface area is 156 Å².